The Kier molecular flexibility index (Phi) is 6.90. The van der Waals surface area contributed by atoms with Gasteiger partial charge in [0.15, 0.2) is 0 Å². The number of pyridine rings is 1. The van der Waals surface area contributed by atoms with Crippen molar-refractivity contribution in [2.24, 2.45) is 4.99 Å². The molecule has 4 nitrogen and oxygen atoms in total. The highest BCUT2D eigenvalue weighted by Gasteiger charge is 2.10. The highest BCUT2D eigenvalue weighted by molar-refractivity contribution is 9.10. The lowest BCUT2D eigenvalue weighted by atomic mass is 10.2. The van der Waals surface area contributed by atoms with Crippen LogP contribution in [-0.4, -0.2) is 29.8 Å². The lowest BCUT2D eigenvalue weighted by Crippen LogP contribution is -2.14. The lowest BCUT2D eigenvalue weighted by Gasteiger charge is -2.12. The number of ether oxygens (including phenoxy) is 1. The zero-order valence-electron chi connectivity index (χ0n) is 13.7. The summed E-state index contributed by atoms with van der Waals surface area (Å²) in [5.74, 6) is 0.501. The molecule has 1 heterocycles. The van der Waals surface area contributed by atoms with Crippen LogP contribution in [0.25, 0.3) is 0 Å². The van der Waals surface area contributed by atoms with Crippen LogP contribution in [0, 0.1) is 6.92 Å². The third kappa shape index (κ3) is 5.10. The lowest BCUT2D eigenvalue weighted by molar-refractivity contribution is 0.291. The van der Waals surface area contributed by atoms with Gasteiger partial charge in [-0.1, -0.05) is 29.3 Å². The van der Waals surface area contributed by atoms with Crippen molar-refractivity contribution < 1.29 is 4.74 Å². The predicted molar refractivity (Wildman–Crippen MR) is 104 cm³/mol. The van der Waals surface area contributed by atoms with Gasteiger partial charge in [0.25, 0.3) is 0 Å². The molecule has 0 saturated heterocycles. The Morgan fingerprint density at radius 2 is 2.08 bits per heavy atom. The molecule has 0 aliphatic heterocycles. The van der Waals surface area contributed by atoms with Gasteiger partial charge in [-0.25, -0.2) is 9.98 Å². The highest BCUT2D eigenvalue weighted by atomic mass is 79.9. The van der Waals surface area contributed by atoms with E-state index in [2.05, 4.69) is 32.8 Å². The predicted octanol–water partition coefficient (Wildman–Crippen LogP) is 5.65. The van der Waals surface area contributed by atoms with Crippen molar-refractivity contribution in [2.45, 2.75) is 20.5 Å². The molecule has 0 amide bonds. The number of aryl methyl sites for hydroxylation is 1. The first kappa shape index (κ1) is 19.0. The van der Waals surface area contributed by atoms with Crippen molar-refractivity contribution in [1.82, 2.24) is 9.88 Å². The maximum Gasteiger partial charge on any atom is 0.228 e. The topological polar surface area (TPSA) is 37.7 Å². The van der Waals surface area contributed by atoms with Crippen LogP contribution < -0.4 is 4.74 Å². The Labute approximate surface area is 160 Å². The van der Waals surface area contributed by atoms with Crippen LogP contribution >= 0.6 is 39.1 Å². The maximum atomic E-state index is 6.16. The molecule has 0 atom stereocenters. The Morgan fingerprint density at radius 3 is 2.75 bits per heavy atom. The van der Waals surface area contributed by atoms with Gasteiger partial charge in [-0.15, -0.1) is 0 Å². The number of benzene rings is 1. The van der Waals surface area contributed by atoms with Crippen LogP contribution in [0.15, 0.2) is 33.7 Å². The number of halogens is 3. The molecule has 0 N–H and O–H groups in total. The van der Waals surface area contributed by atoms with E-state index in [1.165, 1.54) is 0 Å². The number of nitrogens with zero attached hydrogens (tertiary/aromatic N) is 3. The second kappa shape index (κ2) is 8.70. The largest absolute Gasteiger partial charge is 0.472 e. The third-order valence-corrected chi connectivity index (χ3v) is 4.53. The molecular formula is C17H18BrCl2N3O. The Hall–Kier alpha value is -1.30. The summed E-state index contributed by atoms with van der Waals surface area (Å²) in [5, 5.41) is 1.16. The minimum atomic E-state index is 0.308. The van der Waals surface area contributed by atoms with Gasteiger partial charge >= 0.3 is 0 Å². The summed E-state index contributed by atoms with van der Waals surface area (Å²) in [5.41, 5.74) is 2.43. The number of hydrogen-bond donors (Lipinski definition) is 0. The van der Waals surface area contributed by atoms with E-state index in [0.717, 1.165) is 28.0 Å². The Balaban J connectivity index is 2.14. The standard InChI is InChI=1S/C17H18BrCl2N3O/c1-4-23(3)10-21-16-8-14(18)17(22-11(16)2)24-9-12-5-6-13(19)7-15(12)20/h5-8,10H,4,9H2,1-3H3/b21-10+. The summed E-state index contributed by atoms with van der Waals surface area (Å²) >= 11 is 15.5. The van der Waals surface area contributed by atoms with E-state index in [1.807, 2.05) is 31.0 Å². The molecule has 0 fully saturated rings. The van der Waals surface area contributed by atoms with E-state index >= 15 is 0 Å². The third-order valence-electron chi connectivity index (χ3n) is 3.38. The van der Waals surface area contributed by atoms with Gasteiger partial charge in [0, 0.05) is 29.2 Å². The van der Waals surface area contributed by atoms with E-state index in [0.29, 0.717) is 22.5 Å². The van der Waals surface area contributed by atoms with Crippen molar-refractivity contribution in [1.29, 1.82) is 0 Å². The van der Waals surface area contributed by atoms with Crippen LogP contribution in [-0.2, 0) is 6.61 Å². The zero-order chi connectivity index (χ0) is 17.7. The first-order valence-electron chi connectivity index (χ1n) is 7.39. The summed E-state index contributed by atoms with van der Waals surface area (Å²) in [6.45, 7) is 5.15. The van der Waals surface area contributed by atoms with Crippen LogP contribution in [0.2, 0.25) is 10.0 Å². The van der Waals surface area contributed by atoms with Gasteiger partial charge in [-0.05, 0) is 48.0 Å². The highest BCUT2D eigenvalue weighted by Crippen LogP contribution is 2.31. The fraction of sp³-hybridized carbons (Fsp3) is 0.294. The second-order valence-electron chi connectivity index (χ2n) is 5.22. The van der Waals surface area contributed by atoms with E-state index in [1.54, 1.807) is 18.5 Å². The van der Waals surface area contributed by atoms with Crippen LogP contribution in [0.5, 0.6) is 5.88 Å². The molecule has 0 bridgehead atoms. The normalized spacial score (nSPS) is 11.1. The van der Waals surface area contributed by atoms with Crippen molar-refractivity contribution in [2.75, 3.05) is 13.6 Å². The van der Waals surface area contributed by atoms with Crippen molar-refractivity contribution in [3.8, 4) is 5.88 Å². The van der Waals surface area contributed by atoms with Gasteiger partial charge in [-0.3, -0.25) is 0 Å². The molecule has 0 aliphatic carbocycles. The van der Waals surface area contributed by atoms with E-state index < -0.39 is 0 Å². The van der Waals surface area contributed by atoms with Crippen LogP contribution in [0.1, 0.15) is 18.2 Å². The molecule has 0 saturated carbocycles. The minimum absolute atomic E-state index is 0.308. The Bertz CT molecular complexity index is 753. The van der Waals surface area contributed by atoms with Crippen molar-refractivity contribution >= 4 is 51.2 Å². The first-order chi connectivity index (χ1) is 11.4. The summed E-state index contributed by atoms with van der Waals surface area (Å²) in [4.78, 5) is 10.9. The number of aromatic nitrogens is 1. The van der Waals surface area contributed by atoms with E-state index in [9.17, 15) is 0 Å². The van der Waals surface area contributed by atoms with Gasteiger partial charge in [0.2, 0.25) is 5.88 Å². The molecule has 0 radical (unpaired) electrons. The van der Waals surface area contributed by atoms with Gasteiger partial charge in [0.05, 0.1) is 22.2 Å². The number of rotatable bonds is 6. The molecule has 2 rings (SSSR count). The second-order valence-corrected chi connectivity index (χ2v) is 6.92. The molecular weight excluding hydrogens is 413 g/mol. The minimum Gasteiger partial charge on any atom is -0.472 e. The van der Waals surface area contributed by atoms with Gasteiger partial charge < -0.3 is 9.64 Å². The van der Waals surface area contributed by atoms with Crippen molar-refractivity contribution in [3.63, 3.8) is 0 Å². The monoisotopic (exact) mass is 429 g/mol. The molecule has 0 spiro atoms. The molecule has 7 heteroatoms. The summed E-state index contributed by atoms with van der Waals surface area (Å²) in [6.07, 6.45) is 1.78. The molecule has 1 aromatic heterocycles. The SMILES string of the molecule is CCN(C)/C=N/c1cc(Br)c(OCc2ccc(Cl)cc2Cl)nc1C. The maximum absolute atomic E-state index is 6.16. The Morgan fingerprint density at radius 1 is 1.33 bits per heavy atom. The number of hydrogen-bond acceptors (Lipinski definition) is 3. The van der Waals surface area contributed by atoms with Crippen LogP contribution in [0.3, 0.4) is 0 Å². The van der Waals surface area contributed by atoms with E-state index in [-0.39, 0.29) is 0 Å². The molecule has 0 unspecified atom stereocenters. The summed E-state index contributed by atoms with van der Waals surface area (Å²) in [6, 6.07) is 7.20. The fourth-order valence-electron chi connectivity index (χ4n) is 1.81. The molecule has 0 aliphatic rings. The average molecular weight is 431 g/mol. The summed E-state index contributed by atoms with van der Waals surface area (Å²) < 4.78 is 6.52. The summed E-state index contributed by atoms with van der Waals surface area (Å²) in [7, 11) is 1.97. The molecule has 24 heavy (non-hydrogen) atoms. The quantitative estimate of drug-likeness (QED) is 0.438. The van der Waals surface area contributed by atoms with Crippen LogP contribution in [0.4, 0.5) is 5.69 Å². The van der Waals surface area contributed by atoms with E-state index in [4.69, 9.17) is 27.9 Å². The van der Waals surface area contributed by atoms with Gasteiger partial charge in [-0.2, -0.15) is 0 Å². The van der Waals surface area contributed by atoms with Gasteiger partial charge in [0.1, 0.15) is 6.61 Å². The number of aliphatic imine (C=N–C) groups is 1. The first-order valence-corrected chi connectivity index (χ1v) is 8.94. The molecule has 128 valence electrons. The fourth-order valence-corrected chi connectivity index (χ4v) is 2.69. The zero-order valence-corrected chi connectivity index (χ0v) is 16.8. The molecule has 2 aromatic rings. The average Bonchev–Trinajstić information content (AvgIpc) is 2.54. The smallest absolute Gasteiger partial charge is 0.228 e. The van der Waals surface area contributed by atoms with Crippen molar-refractivity contribution in [3.05, 3.63) is 50.0 Å². The molecule has 1 aromatic carbocycles.